The predicted molar refractivity (Wildman–Crippen MR) is 119 cm³/mol. The highest BCUT2D eigenvalue weighted by atomic mass is 127. The van der Waals surface area contributed by atoms with E-state index < -0.39 is 0 Å². The minimum absolute atomic E-state index is 0. The van der Waals surface area contributed by atoms with E-state index in [1.807, 2.05) is 25.3 Å². The maximum Gasteiger partial charge on any atom is 0.191 e. The van der Waals surface area contributed by atoms with Crippen LogP contribution in [0, 0.1) is 6.92 Å². The smallest absolute Gasteiger partial charge is 0.191 e. The highest BCUT2D eigenvalue weighted by Crippen LogP contribution is 2.23. The predicted octanol–water partition coefficient (Wildman–Crippen LogP) is 2.90. The lowest BCUT2D eigenvalue weighted by molar-refractivity contribution is 0.260. The molecule has 0 unspecified atom stereocenters. The van der Waals surface area contributed by atoms with Gasteiger partial charge in [-0.3, -0.25) is 9.89 Å². The first kappa shape index (κ1) is 20.6. The van der Waals surface area contributed by atoms with Gasteiger partial charge in [-0.1, -0.05) is 0 Å². The SMILES string of the molecule is CN=C(NCCc1csc(C)n1)NCCN1CCc2sccc2C1.I. The van der Waals surface area contributed by atoms with E-state index in [1.54, 1.807) is 16.2 Å². The Morgan fingerprint density at radius 2 is 2.16 bits per heavy atom. The van der Waals surface area contributed by atoms with Crippen molar-refractivity contribution in [2.45, 2.75) is 26.3 Å². The van der Waals surface area contributed by atoms with Gasteiger partial charge in [0.15, 0.2) is 5.96 Å². The average Bonchev–Trinajstić information content (AvgIpc) is 3.21. The molecular weight excluding hydrogens is 465 g/mol. The molecule has 2 aromatic rings. The topological polar surface area (TPSA) is 52.6 Å². The highest BCUT2D eigenvalue weighted by molar-refractivity contribution is 14.0. The van der Waals surface area contributed by atoms with Crippen molar-refractivity contribution in [1.29, 1.82) is 0 Å². The molecule has 0 aliphatic carbocycles. The van der Waals surface area contributed by atoms with Crippen molar-refractivity contribution >= 4 is 52.6 Å². The molecule has 0 bridgehead atoms. The van der Waals surface area contributed by atoms with Crippen LogP contribution in [0.15, 0.2) is 21.8 Å². The summed E-state index contributed by atoms with van der Waals surface area (Å²) in [5.41, 5.74) is 2.66. The van der Waals surface area contributed by atoms with E-state index in [9.17, 15) is 0 Å². The van der Waals surface area contributed by atoms with E-state index in [1.165, 1.54) is 12.0 Å². The van der Waals surface area contributed by atoms with E-state index in [-0.39, 0.29) is 24.0 Å². The minimum atomic E-state index is 0. The molecule has 1 aliphatic heterocycles. The van der Waals surface area contributed by atoms with Crippen LogP contribution in [0.5, 0.6) is 0 Å². The van der Waals surface area contributed by atoms with Gasteiger partial charge in [0, 0.05) is 56.4 Å². The van der Waals surface area contributed by atoms with Crippen molar-refractivity contribution in [2.75, 3.05) is 33.2 Å². The fourth-order valence-electron chi connectivity index (χ4n) is 2.88. The van der Waals surface area contributed by atoms with Crippen LogP contribution in [-0.4, -0.2) is 49.1 Å². The average molecular weight is 491 g/mol. The van der Waals surface area contributed by atoms with E-state index in [0.29, 0.717) is 0 Å². The van der Waals surface area contributed by atoms with Crippen LogP contribution in [0.25, 0.3) is 0 Å². The van der Waals surface area contributed by atoms with Crippen molar-refractivity contribution in [3.8, 4) is 0 Å². The van der Waals surface area contributed by atoms with Gasteiger partial charge < -0.3 is 10.6 Å². The Morgan fingerprint density at radius 1 is 1.32 bits per heavy atom. The van der Waals surface area contributed by atoms with E-state index in [2.05, 4.69) is 42.3 Å². The summed E-state index contributed by atoms with van der Waals surface area (Å²) in [5.74, 6) is 0.871. The van der Waals surface area contributed by atoms with Crippen LogP contribution < -0.4 is 10.6 Å². The summed E-state index contributed by atoms with van der Waals surface area (Å²) < 4.78 is 0. The Hall–Kier alpha value is -0.710. The molecule has 25 heavy (non-hydrogen) atoms. The molecule has 2 aromatic heterocycles. The molecule has 0 fully saturated rings. The molecule has 0 spiro atoms. The van der Waals surface area contributed by atoms with Gasteiger partial charge in [0.2, 0.25) is 0 Å². The minimum Gasteiger partial charge on any atom is -0.356 e. The highest BCUT2D eigenvalue weighted by Gasteiger charge is 2.16. The Morgan fingerprint density at radius 3 is 2.92 bits per heavy atom. The van der Waals surface area contributed by atoms with Crippen LogP contribution in [0.2, 0.25) is 0 Å². The number of guanidine groups is 1. The number of thiazole rings is 1. The number of thiophene rings is 1. The summed E-state index contributed by atoms with van der Waals surface area (Å²) in [5, 5.41) is 12.2. The van der Waals surface area contributed by atoms with Crippen molar-refractivity contribution < 1.29 is 0 Å². The molecule has 0 saturated heterocycles. The molecule has 1 aliphatic rings. The Labute approximate surface area is 175 Å². The normalized spacial score (nSPS) is 14.7. The van der Waals surface area contributed by atoms with E-state index in [0.717, 1.165) is 55.8 Å². The van der Waals surface area contributed by atoms with Crippen LogP contribution in [0.1, 0.15) is 21.1 Å². The van der Waals surface area contributed by atoms with E-state index >= 15 is 0 Å². The van der Waals surface area contributed by atoms with E-state index in [4.69, 9.17) is 0 Å². The second-order valence-electron chi connectivity index (χ2n) is 5.93. The first-order valence-electron chi connectivity index (χ1n) is 8.37. The maximum atomic E-state index is 4.48. The molecule has 5 nitrogen and oxygen atoms in total. The molecule has 0 amide bonds. The first-order chi connectivity index (χ1) is 11.7. The molecule has 0 radical (unpaired) electrons. The standard InChI is InChI=1S/C17H25N5S2.HI/c1-13-21-15(12-24-13)3-6-19-17(18-2)20-7-9-22-8-4-16-14(11-22)5-10-23-16;/h5,10,12H,3-4,6-9,11H2,1-2H3,(H2,18,19,20);1H. The van der Waals surface area contributed by atoms with Crippen LogP contribution >= 0.6 is 46.7 Å². The third kappa shape index (κ3) is 6.19. The zero-order valence-corrected chi connectivity index (χ0v) is 18.7. The van der Waals surface area contributed by atoms with Gasteiger partial charge in [0.1, 0.15) is 0 Å². The number of aliphatic imine (C=N–C) groups is 1. The van der Waals surface area contributed by atoms with Crippen LogP contribution in [0.3, 0.4) is 0 Å². The van der Waals surface area contributed by atoms with Crippen molar-refractivity contribution in [3.63, 3.8) is 0 Å². The zero-order chi connectivity index (χ0) is 16.8. The van der Waals surface area contributed by atoms with Crippen LogP contribution in [0.4, 0.5) is 0 Å². The lowest BCUT2D eigenvalue weighted by atomic mass is 10.1. The number of fused-ring (bicyclic) bond motifs is 1. The number of rotatable bonds is 6. The molecule has 138 valence electrons. The summed E-state index contributed by atoms with van der Waals surface area (Å²) in [6.07, 6.45) is 2.12. The molecule has 0 saturated carbocycles. The summed E-state index contributed by atoms with van der Waals surface area (Å²) in [6, 6.07) is 2.26. The van der Waals surface area contributed by atoms with Gasteiger partial charge in [-0.05, 0) is 30.4 Å². The van der Waals surface area contributed by atoms with Gasteiger partial charge in [0.25, 0.3) is 0 Å². The largest absolute Gasteiger partial charge is 0.356 e. The second kappa shape index (κ2) is 10.4. The monoisotopic (exact) mass is 491 g/mol. The number of hydrogen-bond acceptors (Lipinski definition) is 5. The van der Waals surface area contributed by atoms with Crippen LogP contribution in [-0.2, 0) is 19.4 Å². The van der Waals surface area contributed by atoms with Gasteiger partial charge in [-0.2, -0.15) is 0 Å². The van der Waals surface area contributed by atoms with Gasteiger partial charge in [-0.15, -0.1) is 46.7 Å². The number of hydrogen-bond donors (Lipinski definition) is 2. The number of halogens is 1. The third-order valence-corrected chi connectivity index (χ3v) is 6.02. The molecule has 2 N–H and O–H groups in total. The fourth-order valence-corrected chi connectivity index (χ4v) is 4.42. The van der Waals surface area contributed by atoms with Crippen molar-refractivity contribution in [1.82, 2.24) is 20.5 Å². The third-order valence-electron chi connectivity index (χ3n) is 4.17. The number of aromatic nitrogens is 1. The lowest BCUT2D eigenvalue weighted by Gasteiger charge is -2.27. The van der Waals surface area contributed by atoms with Gasteiger partial charge in [0.05, 0.1) is 10.7 Å². The number of aryl methyl sites for hydroxylation is 1. The van der Waals surface area contributed by atoms with Crippen molar-refractivity contribution in [2.24, 2.45) is 4.99 Å². The lowest BCUT2D eigenvalue weighted by Crippen LogP contribution is -2.43. The van der Waals surface area contributed by atoms with Gasteiger partial charge in [-0.25, -0.2) is 4.98 Å². The van der Waals surface area contributed by atoms with Crippen molar-refractivity contribution in [3.05, 3.63) is 38.0 Å². The number of nitrogens with one attached hydrogen (secondary N) is 2. The molecule has 0 atom stereocenters. The molecule has 3 rings (SSSR count). The molecular formula is C17H26IN5S2. The summed E-state index contributed by atoms with van der Waals surface area (Å²) >= 11 is 3.60. The maximum absolute atomic E-state index is 4.48. The summed E-state index contributed by atoms with van der Waals surface area (Å²) in [7, 11) is 1.82. The summed E-state index contributed by atoms with van der Waals surface area (Å²) in [4.78, 5) is 12.8. The second-order valence-corrected chi connectivity index (χ2v) is 7.99. The zero-order valence-electron chi connectivity index (χ0n) is 14.7. The number of nitrogens with zero attached hydrogens (tertiary/aromatic N) is 3. The van der Waals surface area contributed by atoms with Gasteiger partial charge >= 0.3 is 0 Å². The molecule has 0 aromatic carbocycles. The first-order valence-corrected chi connectivity index (χ1v) is 10.1. The Balaban J connectivity index is 0.00000225. The fraction of sp³-hybridized carbons (Fsp3) is 0.529. The molecule has 8 heteroatoms. The Kier molecular flexibility index (Phi) is 8.60. The quantitative estimate of drug-likeness (QED) is 0.371. The summed E-state index contributed by atoms with van der Waals surface area (Å²) in [6.45, 7) is 7.09. The Bertz CT molecular complexity index is 682. The molecule has 3 heterocycles.